The van der Waals surface area contributed by atoms with Gasteiger partial charge in [0, 0.05) is 5.56 Å². The number of hydrogen-bond donors (Lipinski definition) is 1. The zero-order chi connectivity index (χ0) is 17.9. The fraction of sp³-hybridized carbons (Fsp3) is 0.300. The van der Waals surface area contributed by atoms with Gasteiger partial charge in [-0.3, -0.25) is 9.69 Å². The Bertz CT molecular complexity index is 776. The molecule has 1 fully saturated rings. The van der Waals surface area contributed by atoms with Crippen molar-refractivity contribution in [2.45, 2.75) is 32.4 Å². The van der Waals surface area contributed by atoms with Gasteiger partial charge >= 0.3 is 6.03 Å². The molecule has 1 aliphatic heterocycles. The summed E-state index contributed by atoms with van der Waals surface area (Å²) in [6.07, 6.45) is 0.491. The molecule has 25 heavy (non-hydrogen) atoms. The van der Waals surface area contributed by atoms with Crippen molar-refractivity contribution in [3.8, 4) is 5.75 Å². The second-order valence-corrected chi connectivity index (χ2v) is 5.99. The smallest absolute Gasteiger partial charge is 0.325 e. The van der Waals surface area contributed by atoms with Gasteiger partial charge in [0.2, 0.25) is 0 Å². The summed E-state index contributed by atoms with van der Waals surface area (Å²) in [4.78, 5) is 27.0. The molecule has 1 saturated heterocycles. The topological polar surface area (TPSA) is 58.6 Å². The van der Waals surface area contributed by atoms with Crippen LogP contribution in [0.2, 0.25) is 0 Å². The van der Waals surface area contributed by atoms with Crippen LogP contribution in [0.25, 0.3) is 0 Å². The second kappa shape index (κ2) is 6.97. The summed E-state index contributed by atoms with van der Waals surface area (Å²) in [5, 5.41) is 2.90. The highest BCUT2D eigenvalue weighted by Crippen LogP contribution is 2.34. The van der Waals surface area contributed by atoms with E-state index in [2.05, 4.69) is 5.32 Å². The summed E-state index contributed by atoms with van der Waals surface area (Å²) >= 11 is 0. The second-order valence-electron chi connectivity index (χ2n) is 5.99. The SMILES string of the molecule is CCOc1ccccc1CN1C(=O)N[C@@](CC)(c2ccccc2)C1=O. The minimum atomic E-state index is -1.00. The van der Waals surface area contributed by atoms with Crippen molar-refractivity contribution in [2.24, 2.45) is 0 Å². The standard InChI is InChI=1S/C20H22N2O3/c1-3-20(16-11-6-5-7-12-16)18(23)22(19(24)21-20)14-15-10-8-9-13-17(15)25-4-2/h5-13H,3-4,14H2,1-2H3,(H,21,24)/t20-/m0/s1. The molecule has 0 aliphatic carbocycles. The number of ether oxygens (including phenoxy) is 1. The molecule has 0 radical (unpaired) electrons. The first-order valence-corrected chi connectivity index (χ1v) is 8.52. The quantitative estimate of drug-likeness (QED) is 0.821. The maximum Gasteiger partial charge on any atom is 0.325 e. The molecule has 5 nitrogen and oxygen atoms in total. The number of carbonyl (C=O) groups is 2. The minimum Gasteiger partial charge on any atom is -0.494 e. The lowest BCUT2D eigenvalue weighted by Crippen LogP contribution is -2.43. The zero-order valence-electron chi connectivity index (χ0n) is 14.5. The Morgan fingerprint density at radius 2 is 1.68 bits per heavy atom. The maximum absolute atomic E-state index is 13.1. The Morgan fingerprint density at radius 3 is 2.36 bits per heavy atom. The van der Waals surface area contributed by atoms with E-state index in [0.29, 0.717) is 18.8 Å². The van der Waals surface area contributed by atoms with Crippen molar-refractivity contribution in [1.29, 1.82) is 0 Å². The monoisotopic (exact) mass is 338 g/mol. The van der Waals surface area contributed by atoms with Crippen molar-refractivity contribution in [2.75, 3.05) is 6.61 Å². The van der Waals surface area contributed by atoms with Crippen LogP contribution in [-0.2, 0) is 16.9 Å². The lowest BCUT2D eigenvalue weighted by Gasteiger charge is -2.25. The molecule has 1 heterocycles. The van der Waals surface area contributed by atoms with Crippen LogP contribution in [0.3, 0.4) is 0 Å². The van der Waals surface area contributed by atoms with E-state index in [-0.39, 0.29) is 18.5 Å². The van der Waals surface area contributed by atoms with Gasteiger partial charge in [0.15, 0.2) is 0 Å². The van der Waals surface area contributed by atoms with E-state index >= 15 is 0 Å². The molecule has 1 N–H and O–H groups in total. The Labute approximate surface area is 147 Å². The first kappa shape index (κ1) is 17.0. The molecule has 2 aromatic carbocycles. The molecular weight excluding hydrogens is 316 g/mol. The van der Waals surface area contributed by atoms with E-state index in [0.717, 1.165) is 11.1 Å². The van der Waals surface area contributed by atoms with E-state index in [1.807, 2.05) is 68.4 Å². The van der Waals surface area contributed by atoms with Gasteiger partial charge in [-0.15, -0.1) is 0 Å². The number of rotatable bonds is 6. The van der Waals surface area contributed by atoms with E-state index in [4.69, 9.17) is 4.74 Å². The van der Waals surface area contributed by atoms with Gasteiger partial charge in [-0.2, -0.15) is 0 Å². The van der Waals surface area contributed by atoms with Gasteiger partial charge in [0.1, 0.15) is 11.3 Å². The highest BCUT2D eigenvalue weighted by Gasteiger charge is 2.51. The fourth-order valence-corrected chi connectivity index (χ4v) is 3.23. The molecule has 0 saturated carbocycles. The first-order chi connectivity index (χ1) is 12.1. The summed E-state index contributed by atoms with van der Waals surface area (Å²) in [6, 6.07) is 16.5. The fourth-order valence-electron chi connectivity index (χ4n) is 3.23. The van der Waals surface area contributed by atoms with Gasteiger partial charge < -0.3 is 10.1 Å². The number of benzene rings is 2. The van der Waals surface area contributed by atoms with Gasteiger partial charge in [0.05, 0.1) is 13.2 Å². The Hall–Kier alpha value is -2.82. The number of imide groups is 1. The Balaban J connectivity index is 1.92. The number of carbonyl (C=O) groups excluding carboxylic acids is 2. The molecule has 0 unspecified atom stereocenters. The largest absolute Gasteiger partial charge is 0.494 e. The van der Waals surface area contributed by atoms with Crippen LogP contribution >= 0.6 is 0 Å². The molecule has 0 bridgehead atoms. The van der Waals surface area contributed by atoms with Crippen LogP contribution in [-0.4, -0.2) is 23.4 Å². The van der Waals surface area contributed by atoms with Crippen LogP contribution in [0.1, 0.15) is 31.4 Å². The predicted octanol–water partition coefficient (Wildman–Crippen LogP) is 3.44. The summed E-state index contributed by atoms with van der Waals surface area (Å²) in [5.74, 6) is 0.469. The van der Waals surface area contributed by atoms with Gasteiger partial charge in [-0.1, -0.05) is 55.5 Å². The van der Waals surface area contributed by atoms with Crippen LogP contribution in [0.15, 0.2) is 54.6 Å². The average Bonchev–Trinajstić information content (AvgIpc) is 2.89. The van der Waals surface area contributed by atoms with Crippen LogP contribution in [0, 0.1) is 0 Å². The van der Waals surface area contributed by atoms with Gasteiger partial charge in [0.25, 0.3) is 5.91 Å². The number of urea groups is 1. The number of nitrogens with one attached hydrogen (secondary N) is 1. The van der Waals surface area contributed by atoms with E-state index in [1.54, 1.807) is 0 Å². The molecule has 5 heteroatoms. The normalized spacial score (nSPS) is 19.8. The van der Waals surface area contributed by atoms with Crippen molar-refractivity contribution in [3.05, 3.63) is 65.7 Å². The molecule has 130 valence electrons. The van der Waals surface area contributed by atoms with Gasteiger partial charge in [-0.25, -0.2) is 4.79 Å². The summed E-state index contributed by atoms with van der Waals surface area (Å²) in [5.41, 5.74) is 0.614. The molecule has 1 aliphatic rings. The van der Waals surface area contributed by atoms with Crippen LogP contribution < -0.4 is 10.1 Å². The first-order valence-electron chi connectivity index (χ1n) is 8.52. The lowest BCUT2D eigenvalue weighted by molar-refractivity contribution is -0.132. The van der Waals surface area contributed by atoms with E-state index in [9.17, 15) is 9.59 Å². The Kier molecular flexibility index (Phi) is 4.74. The molecule has 2 aromatic rings. The third-order valence-corrected chi connectivity index (χ3v) is 4.57. The summed E-state index contributed by atoms with van der Waals surface area (Å²) < 4.78 is 5.61. The average molecular weight is 338 g/mol. The summed E-state index contributed by atoms with van der Waals surface area (Å²) in [7, 11) is 0. The van der Waals surface area contributed by atoms with Crippen molar-refractivity contribution in [3.63, 3.8) is 0 Å². The molecular formula is C20H22N2O3. The number of para-hydroxylation sites is 1. The predicted molar refractivity (Wildman–Crippen MR) is 95.1 cm³/mol. The molecule has 0 aromatic heterocycles. The summed E-state index contributed by atoms with van der Waals surface area (Å²) in [6.45, 7) is 4.53. The zero-order valence-corrected chi connectivity index (χ0v) is 14.5. The maximum atomic E-state index is 13.1. The van der Waals surface area contributed by atoms with E-state index in [1.165, 1.54) is 4.90 Å². The minimum absolute atomic E-state index is 0.190. The molecule has 0 spiro atoms. The molecule has 3 rings (SSSR count). The van der Waals surface area contributed by atoms with Gasteiger partial charge in [-0.05, 0) is 25.0 Å². The molecule has 3 amide bonds. The van der Waals surface area contributed by atoms with Crippen molar-refractivity contribution in [1.82, 2.24) is 10.2 Å². The highest BCUT2D eigenvalue weighted by molar-refractivity contribution is 6.07. The number of amides is 3. The Morgan fingerprint density at radius 1 is 1.00 bits per heavy atom. The van der Waals surface area contributed by atoms with Crippen molar-refractivity contribution < 1.29 is 14.3 Å². The van der Waals surface area contributed by atoms with Crippen molar-refractivity contribution >= 4 is 11.9 Å². The number of hydrogen-bond acceptors (Lipinski definition) is 3. The third kappa shape index (κ3) is 2.97. The van der Waals surface area contributed by atoms with Crippen LogP contribution in [0.4, 0.5) is 4.79 Å². The van der Waals surface area contributed by atoms with E-state index < -0.39 is 5.54 Å². The number of nitrogens with zero attached hydrogens (tertiary/aromatic N) is 1. The molecule has 1 atom stereocenters. The van der Waals surface area contributed by atoms with Crippen LogP contribution in [0.5, 0.6) is 5.75 Å². The highest BCUT2D eigenvalue weighted by atomic mass is 16.5. The third-order valence-electron chi connectivity index (χ3n) is 4.57. The lowest BCUT2D eigenvalue weighted by atomic mass is 9.87.